The molecule has 0 saturated heterocycles. The summed E-state index contributed by atoms with van der Waals surface area (Å²) in [6, 6.07) is 9.05. The molecule has 0 aliphatic rings. The molecule has 0 fully saturated rings. The van der Waals surface area contributed by atoms with E-state index < -0.39 is 15.4 Å². The summed E-state index contributed by atoms with van der Waals surface area (Å²) in [6.07, 6.45) is 18.4. The Kier molecular flexibility index (Phi) is 17.2. The molecule has 1 aromatic rings. The third kappa shape index (κ3) is 13.7. The number of unbranched alkanes of at least 4 members (excludes halogenated alkanes) is 13. The molecule has 0 aromatic heterocycles. The molecule has 1 rings (SSSR count). The summed E-state index contributed by atoms with van der Waals surface area (Å²) < 4.78 is 32.8. The smallest absolute Gasteiger partial charge is 0.271 e. The first-order chi connectivity index (χ1) is 13.1. The molecule has 0 saturated carbocycles. The minimum absolute atomic E-state index is 0. The van der Waals surface area contributed by atoms with Gasteiger partial charge in [-0.15, -0.1) is 0 Å². The maximum Gasteiger partial charge on any atom is 0.271 e. The van der Waals surface area contributed by atoms with Crippen molar-refractivity contribution in [2.24, 2.45) is 0 Å². The summed E-state index contributed by atoms with van der Waals surface area (Å²) in [5.41, 5.74) is 0.690. The summed E-state index contributed by atoms with van der Waals surface area (Å²) >= 11 is 0. The molecule has 1 N–H and O–H groups in total. The van der Waals surface area contributed by atoms with Crippen molar-refractivity contribution in [3.8, 4) is 0 Å². The fraction of sp³-hybridized carbons (Fsp3) is 0.739. The standard InChI is InChI=1S/C23H40O3S.Ni/c1-2-3-4-5-6-7-8-9-10-11-12-13-14-18-21-23(27(24,25)26)22-19-16-15-17-20-22;/h15-17,19-20,23H,2-14,18,21H2,1H3,(H,24,25,26);. The Morgan fingerprint density at radius 1 is 0.714 bits per heavy atom. The molecule has 166 valence electrons. The average Bonchev–Trinajstić information content (AvgIpc) is 2.64. The second kappa shape index (κ2) is 17.5. The van der Waals surface area contributed by atoms with Crippen molar-refractivity contribution < 1.29 is 29.5 Å². The van der Waals surface area contributed by atoms with Crippen LogP contribution >= 0.6 is 0 Å². The van der Waals surface area contributed by atoms with E-state index in [2.05, 4.69) is 6.92 Å². The first-order valence-electron chi connectivity index (χ1n) is 11.1. The minimum Gasteiger partial charge on any atom is -0.285 e. The van der Waals surface area contributed by atoms with Crippen molar-refractivity contribution in [1.29, 1.82) is 0 Å². The van der Waals surface area contributed by atoms with Crippen LogP contribution in [0.2, 0.25) is 0 Å². The zero-order valence-electron chi connectivity index (χ0n) is 17.6. The largest absolute Gasteiger partial charge is 0.285 e. The van der Waals surface area contributed by atoms with Gasteiger partial charge >= 0.3 is 0 Å². The van der Waals surface area contributed by atoms with Gasteiger partial charge in [-0.1, -0.05) is 127 Å². The van der Waals surface area contributed by atoms with Crippen molar-refractivity contribution in [1.82, 2.24) is 0 Å². The van der Waals surface area contributed by atoms with Crippen LogP contribution in [0, 0.1) is 0 Å². The predicted octanol–water partition coefficient (Wildman–Crippen LogP) is 7.48. The van der Waals surface area contributed by atoms with Gasteiger partial charge < -0.3 is 0 Å². The second-order valence-electron chi connectivity index (χ2n) is 7.80. The van der Waals surface area contributed by atoms with Gasteiger partial charge in [-0.3, -0.25) is 4.55 Å². The van der Waals surface area contributed by atoms with Crippen molar-refractivity contribution in [3.05, 3.63) is 35.9 Å². The SMILES string of the molecule is CCCCCCCCCCCCCCCCC(c1ccccc1)S(=O)(=O)O.[Ni]. The van der Waals surface area contributed by atoms with Gasteiger partial charge in [-0.2, -0.15) is 8.42 Å². The Morgan fingerprint density at radius 3 is 1.50 bits per heavy atom. The Labute approximate surface area is 183 Å². The third-order valence-corrected chi connectivity index (χ3v) is 6.58. The van der Waals surface area contributed by atoms with Gasteiger partial charge in [0.15, 0.2) is 0 Å². The molecule has 0 aliphatic carbocycles. The molecule has 0 heterocycles. The number of hydrogen-bond acceptors (Lipinski definition) is 2. The van der Waals surface area contributed by atoms with Gasteiger partial charge in [0.1, 0.15) is 5.25 Å². The van der Waals surface area contributed by atoms with Crippen LogP contribution in [-0.4, -0.2) is 13.0 Å². The number of hydrogen-bond donors (Lipinski definition) is 1. The van der Waals surface area contributed by atoms with Gasteiger partial charge in [0.25, 0.3) is 10.1 Å². The van der Waals surface area contributed by atoms with E-state index in [4.69, 9.17) is 0 Å². The van der Waals surface area contributed by atoms with Gasteiger partial charge in [0.2, 0.25) is 0 Å². The van der Waals surface area contributed by atoms with Crippen LogP contribution in [0.25, 0.3) is 0 Å². The molecule has 0 amide bonds. The van der Waals surface area contributed by atoms with Gasteiger partial charge in [0.05, 0.1) is 0 Å². The molecule has 0 aliphatic heterocycles. The first kappa shape index (κ1) is 27.6. The predicted molar refractivity (Wildman–Crippen MR) is 116 cm³/mol. The summed E-state index contributed by atoms with van der Waals surface area (Å²) in [6.45, 7) is 2.26. The van der Waals surface area contributed by atoms with Gasteiger partial charge in [-0.25, -0.2) is 0 Å². The zero-order valence-corrected chi connectivity index (χ0v) is 19.4. The monoisotopic (exact) mass is 454 g/mol. The Morgan fingerprint density at radius 2 is 1.11 bits per heavy atom. The van der Waals surface area contributed by atoms with E-state index in [1.165, 1.54) is 70.6 Å². The molecule has 0 bridgehead atoms. The molecule has 1 atom stereocenters. The summed E-state index contributed by atoms with van der Waals surface area (Å²) in [7, 11) is -4.04. The molecule has 1 aromatic carbocycles. The molecular weight excluding hydrogens is 415 g/mol. The summed E-state index contributed by atoms with van der Waals surface area (Å²) in [5, 5.41) is -0.781. The van der Waals surface area contributed by atoms with Crippen LogP contribution in [-0.2, 0) is 26.6 Å². The Hall–Kier alpha value is -0.376. The molecule has 0 spiro atoms. The van der Waals surface area contributed by atoms with E-state index in [1.807, 2.05) is 18.2 Å². The second-order valence-corrected chi connectivity index (χ2v) is 9.40. The molecule has 5 heteroatoms. The van der Waals surface area contributed by atoms with E-state index in [9.17, 15) is 13.0 Å². The van der Waals surface area contributed by atoms with E-state index in [-0.39, 0.29) is 16.5 Å². The van der Waals surface area contributed by atoms with E-state index in [0.29, 0.717) is 12.0 Å². The van der Waals surface area contributed by atoms with E-state index >= 15 is 0 Å². The Balaban J connectivity index is 0.00000729. The number of rotatable bonds is 17. The van der Waals surface area contributed by atoms with Crippen molar-refractivity contribution in [2.45, 2.75) is 108 Å². The maximum absolute atomic E-state index is 11.7. The van der Waals surface area contributed by atoms with Crippen LogP contribution in [0.4, 0.5) is 0 Å². The topological polar surface area (TPSA) is 54.4 Å². The molecule has 1 unspecified atom stereocenters. The van der Waals surface area contributed by atoms with Crippen molar-refractivity contribution >= 4 is 10.1 Å². The minimum atomic E-state index is -4.04. The average molecular weight is 455 g/mol. The van der Waals surface area contributed by atoms with Gasteiger partial charge in [-0.05, 0) is 12.0 Å². The van der Waals surface area contributed by atoms with Gasteiger partial charge in [0, 0.05) is 16.5 Å². The van der Waals surface area contributed by atoms with Crippen LogP contribution in [0.3, 0.4) is 0 Å². The van der Waals surface area contributed by atoms with Crippen LogP contribution in [0.5, 0.6) is 0 Å². The van der Waals surface area contributed by atoms with Crippen LogP contribution < -0.4 is 0 Å². The third-order valence-electron chi connectivity index (χ3n) is 5.35. The molecule has 0 radical (unpaired) electrons. The first-order valence-corrected chi connectivity index (χ1v) is 12.6. The quantitative estimate of drug-likeness (QED) is 0.150. The van der Waals surface area contributed by atoms with Crippen LogP contribution in [0.15, 0.2) is 30.3 Å². The Bertz CT molecular complexity index is 560. The summed E-state index contributed by atoms with van der Waals surface area (Å²) in [5.74, 6) is 0. The van der Waals surface area contributed by atoms with Crippen LogP contribution in [0.1, 0.15) is 114 Å². The normalized spacial score (nSPS) is 12.5. The molecule has 28 heavy (non-hydrogen) atoms. The molecular formula is C23H40NiO3S. The molecule has 3 nitrogen and oxygen atoms in total. The maximum atomic E-state index is 11.7. The van der Waals surface area contributed by atoms with Crippen molar-refractivity contribution in [2.75, 3.05) is 0 Å². The van der Waals surface area contributed by atoms with E-state index in [1.54, 1.807) is 12.1 Å². The number of benzene rings is 1. The van der Waals surface area contributed by atoms with E-state index in [0.717, 1.165) is 19.3 Å². The fourth-order valence-electron chi connectivity index (χ4n) is 3.68. The fourth-order valence-corrected chi connectivity index (χ4v) is 4.65. The zero-order chi connectivity index (χ0) is 19.8. The van der Waals surface area contributed by atoms with Crippen molar-refractivity contribution in [3.63, 3.8) is 0 Å². The summed E-state index contributed by atoms with van der Waals surface area (Å²) in [4.78, 5) is 0.